The van der Waals surface area contributed by atoms with Gasteiger partial charge in [-0.2, -0.15) is 0 Å². The number of aryl methyl sites for hydroxylation is 3. The second-order valence-corrected chi connectivity index (χ2v) is 12.1. The van der Waals surface area contributed by atoms with Crippen LogP contribution in [0.1, 0.15) is 48.9 Å². The van der Waals surface area contributed by atoms with Crippen molar-refractivity contribution in [2.24, 2.45) is 0 Å². The van der Waals surface area contributed by atoms with Crippen LogP contribution in [0.2, 0.25) is 0 Å². The molecule has 2 amide bonds. The Hall–Kier alpha value is -3.85. The number of nitrogens with one attached hydrogen (secondary N) is 1. The lowest BCUT2D eigenvalue weighted by Gasteiger charge is -2.32. The van der Waals surface area contributed by atoms with Crippen molar-refractivity contribution in [2.75, 3.05) is 24.5 Å². The van der Waals surface area contributed by atoms with Gasteiger partial charge in [0.2, 0.25) is 11.8 Å². The fraction of sp³-hybridized carbons (Fsp3) is 0.375. The highest BCUT2D eigenvalue weighted by molar-refractivity contribution is 7.92. The SMILES string of the molecule is CCCCNC(=O)[C@H](C)N(Cc1ccccc1C)C(=O)CN(c1cc(C)ccc1OC)S(=O)(=O)c1ccc(C)cc1. The van der Waals surface area contributed by atoms with Crippen molar-refractivity contribution in [3.8, 4) is 5.75 Å². The Morgan fingerprint density at radius 1 is 0.951 bits per heavy atom. The highest BCUT2D eigenvalue weighted by Gasteiger charge is 2.34. The summed E-state index contributed by atoms with van der Waals surface area (Å²) in [5.74, 6) is -0.484. The summed E-state index contributed by atoms with van der Waals surface area (Å²) in [6.45, 7) is 9.49. The molecule has 0 unspecified atom stereocenters. The summed E-state index contributed by atoms with van der Waals surface area (Å²) < 4.78 is 34.8. The number of hydrogen-bond donors (Lipinski definition) is 1. The monoisotopic (exact) mass is 579 g/mol. The summed E-state index contributed by atoms with van der Waals surface area (Å²) in [6, 6.07) is 18.5. The number of anilines is 1. The summed E-state index contributed by atoms with van der Waals surface area (Å²) in [4.78, 5) is 28.8. The van der Waals surface area contributed by atoms with Crippen LogP contribution in [0.25, 0.3) is 0 Å². The Labute approximate surface area is 244 Å². The molecule has 0 fully saturated rings. The summed E-state index contributed by atoms with van der Waals surface area (Å²) in [6.07, 6.45) is 1.74. The molecule has 0 bridgehead atoms. The van der Waals surface area contributed by atoms with E-state index in [0.29, 0.717) is 12.3 Å². The number of sulfonamides is 1. The smallest absolute Gasteiger partial charge is 0.264 e. The van der Waals surface area contributed by atoms with Crippen LogP contribution < -0.4 is 14.4 Å². The molecule has 1 N–H and O–H groups in total. The standard InChI is InChI=1S/C32H41N3O5S/c1-7-8-19-33-32(37)26(5)34(21-27-12-10-9-11-25(27)4)31(36)22-35(29-20-24(3)15-18-30(29)40-6)41(38,39)28-16-13-23(2)14-17-28/h9-18,20,26H,7-8,19,21-22H2,1-6H3,(H,33,37)/t26-/m0/s1. The molecule has 9 heteroatoms. The molecular weight excluding hydrogens is 538 g/mol. The molecule has 3 rings (SSSR count). The zero-order valence-corrected chi connectivity index (χ0v) is 25.6. The molecule has 41 heavy (non-hydrogen) atoms. The Morgan fingerprint density at radius 3 is 2.24 bits per heavy atom. The van der Waals surface area contributed by atoms with Crippen LogP contribution in [0, 0.1) is 20.8 Å². The summed E-state index contributed by atoms with van der Waals surface area (Å²) in [5, 5.41) is 2.91. The van der Waals surface area contributed by atoms with E-state index in [9.17, 15) is 18.0 Å². The summed E-state index contributed by atoms with van der Waals surface area (Å²) in [7, 11) is -2.73. The number of unbranched alkanes of at least 4 members (excludes halogenated alkanes) is 1. The topological polar surface area (TPSA) is 96.0 Å². The van der Waals surface area contributed by atoms with E-state index in [1.807, 2.05) is 58.0 Å². The number of amides is 2. The van der Waals surface area contributed by atoms with E-state index >= 15 is 0 Å². The normalized spacial score (nSPS) is 12.0. The van der Waals surface area contributed by atoms with Crippen molar-refractivity contribution >= 4 is 27.5 Å². The molecule has 0 aliphatic heterocycles. The van der Waals surface area contributed by atoms with Crippen LogP contribution in [0.4, 0.5) is 5.69 Å². The summed E-state index contributed by atoms with van der Waals surface area (Å²) >= 11 is 0. The first kappa shape index (κ1) is 31.7. The van der Waals surface area contributed by atoms with E-state index in [1.54, 1.807) is 31.2 Å². The van der Waals surface area contributed by atoms with Crippen LogP contribution >= 0.6 is 0 Å². The number of benzene rings is 3. The van der Waals surface area contributed by atoms with Gasteiger partial charge in [0.15, 0.2) is 0 Å². The summed E-state index contributed by atoms with van der Waals surface area (Å²) in [5.41, 5.74) is 3.80. The lowest BCUT2D eigenvalue weighted by atomic mass is 10.1. The van der Waals surface area contributed by atoms with Crippen molar-refractivity contribution in [3.05, 3.63) is 89.0 Å². The second kappa shape index (κ2) is 14.2. The van der Waals surface area contributed by atoms with E-state index in [2.05, 4.69) is 5.32 Å². The van der Waals surface area contributed by atoms with Gasteiger partial charge in [-0.05, 0) is 75.1 Å². The molecule has 0 saturated heterocycles. The first-order chi connectivity index (χ1) is 19.5. The van der Waals surface area contributed by atoms with Crippen LogP contribution in [0.3, 0.4) is 0 Å². The van der Waals surface area contributed by atoms with Crippen molar-refractivity contribution in [2.45, 2.75) is 64.9 Å². The van der Waals surface area contributed by atoms with Gasteiger partial charge in [0.1, 0.15) is 18.3 Å². The van der Waals surface area contributed by atoms with Crippen molar-refractivity contribution in [1.82, 2.24) is 10.2 Å². The predicted molar refractivity (Wildman–Crippen MR) is 163 cm³/mol. The van der Waals surface area contributed by atoms with Gasteiger partial charge >= 0.3 is 0 Å². The largest absolute Gasteiger partial charge is 0.495 e. The molecular formula is C32H41N3O5S. The van der Waals surface area contributed by atoms with E-state index in [1.165, 1.54) is 24.1 Å². The molecule has 0 aliphatic rings. The van der Waals surface area contributed by atoms with E-state index in [-0.39, 0.29) is 23.0 Å². The van der Waals surface area contributed by atoms with Crippen LogP contribution in [0.5, 0.6) is 5.75 Å². The number of hydrogen-bond acceptors (Lipinski definition) is 5. The molecule has 0 radical (unpaired) electrons. The lowest BCUT2D eigenvalue weighted by Crippen LogP contribution is -2.51. The molecule has 1 atom stereocenters. The zero-order chi connectivity index (χ0) is 30.2. The molecule has 8 nitrogen and oxygen atoms in total. The zero-order valence-electron chi connectivity index (χ0n) is 24.8. The van der Waals surface area contributed by atoms with Crippen molar-refractivity contribution in [1.29, 1.82) is 0 Å². The average molecular weight is 580 g/mol. The minimum absolute atomic E-state index is 0.0512. The molecule has 0 aliphatic carbocycles. The van der Waals surface area contributed by atoms with Gasteiger partial charge in [-0.25, -0.2) is 8.42 Å². The Kier molecular flexibility index (Phi) is 10.9. The lowest BCUT2D eigenvalue weighted by molar-refractivity contribution is -0.139. The van der Waals surface area contributed by atoms with Gasteiger partial charge in [0.25, 0.3) is 10.0 Å². The maximum absolute atomic E-state index is 14.1. The van der Waals surface area contributed by atoms with Crippen LogP contribution in [-0.4, -0.2) is 51.4 Å². The van der Waals surface area contributed by atoms with Gasteiger partial charge in [-0.15, -0.1) is 0 Å². The number of ether oxygens (including phenoxy) is 1. The van der Waals surface area contributed by atoms with E-state index in [0.717, 1.165) is 39.4 Å². The fourth-order valence-corrected chi connectivity index (χ4v) is 5.85. The minimum atomic E-state index is -4.19. The second-order valence-electron chi connectivity index (χ2n) is 10.3. The average Bonchev–Trinajstić information content (AvgIpc) is 2.95. The number of carbonyl (C=O) groups excluding carboxylic acids is 2. The number of carbonyl (C=O) groups is 2. The Balaban J connectivity index is 2.08. The maximum atomic E-state index is 14.1. The molecule has 3 aromatic carbocycles. The first-order valence-electron chi connectivity index (χ1n) is 13.8. The minimum Gasteiger partial charge on any atom is -0.495 e. The van der Waals surface area contributed by atoms with Gasteiger partial charge in [0.05, 0.1) is 17.7 Å². The van der Waals surface area contributed by atoms with Crippen LogP contribution in [0.15, 0.2) is 71.6 Å². The van der Waals surface area contributed by atoms with Crippen LogP contribution in [-0.2, 0) is 26.2 Å². The molecule has 0 spiro atoms. The van der Waals surface area contributed by atoms with Gasteiger partial charge in [0, 0.05) is 13.1 Å². The highest BCUT2D eigenvalue weighted by atomic mass is 32.2. The Bertz CT molecular complexity index is 1450. The third-order valence-corrected chi connectivity index (χ3v) is 8.86. The molecule has 220 valence electrons. The molecule has 0 aromatic heterocycles. The predicted octanol–water partition coefficient (Wildman–Crippen LogP) is 5.15. The molecule has 0 saturated carbocycles. The molecule has 0 heterocycles. The molecule has 3 aromatic rings. The van der Waals surface area contributed by atoms with E-state index < -0.39 is 28.5 Å². The van der Waals surface area contributed by atoms with Gasteiger partial charge < -0.3 is 15.0 Å². The quantitative estimate of drug-likeness (QED) is 0.283. The first-order valence-corrected chi connectivity index (χ1v) is 15.3. The third kappa shape index (κ3) is 7.88. The third-order valence-electron chi connectivity index (χ3n) is 7.09. The number of nitrogens with zero attached hydrogens (tertiary/aromatic N) is 2. The van der Waals surface area contributed by atoms with E-state index in [4.69, 9.17) is 4.74 Å². The number of methoxy groups -OCH3 is 1. The number of rotatable bonds is 13. The van der Waals surface area contributed by atoms with Crippen molar-refractivity contribution in [3.63, 3.8) is 0 Å². The van der Waals surface area contributed by atoms with Gasteiger partial charge in [-0.1, -0.05) is 61.4 Å². The highest BCUT2D eigenvalue weighted by Crippen LogP contribution is 2.34. The Morgan fingerprint density at radius 2 is 1.61 bits per heavy atom. The maximum Gasteiger partial charge on any atom is 0.264 e. The van der Waals surface area contributed by atoms with Gasteiger partial charge in [-0.3, -0.25) is 13.9 Å². The van der Waals surface area contributed by atoms with Crippen molar-refractivity contribution < 1.29 is 22.7 Å². The fourth-order valence-electron chi connectivity index (χ4n) is 4.44.